The lowest BCUT2D eigenvalue weighted by Gasteiger charge is -2.38. The molecule has 4 rings (SSSR count). The molecule has 0 aliphatic carbocycles. The number of nitrogens with one attached hydrogen (secondary N) is 2. The van der Waals surface area contributed by atoms with Gasteiger partial charge in [0.05, 0.1) is 0 Å². The molecule has 8 heteroatoms. The number of piperidine rings is 1. The van der Waals surface area contributed by atoms with E-state index in [9.17, 15) is 9.59 Å². The molecule has 1 aliphatic rings. The Labute approximate surface area is 249 Å². The number of carbonyl (C=O) groups excluding carboxylic acids is 2. The molecule has 2 N–H and O–H groups in total. The third-order valence-corrected chi connectivity index (χ3v) is 7.88. The number of hydrogen-bond acceptors (Lipinski definition) is 6. The van der Waals surface area contributed by atoms with Crippen molar-refractivity contribution < 1.29 is 9.59 Å². The average molecular weight is 572 g/mol. The molecule has 0 radical (unpaired) electrons. The zero-order chi connectivity index (χ0) is 29.4. The smallest absolute Gasteiger partial charge is 0.272 e. The lowest BCUT2D eigenvalue weighted by atomic mass is 10.00. The number of likely N-dealkylation sites (tertiary alicyclic amines) is 1. The molecule has 41 heavy (non-hydrogen) atoms. The maximum atomic E-state index is 13.7. The van der Waals surface area contributed by atoms with Gasteiger partial charge in [-0.15, -0.1) is 12.6 Å². The summed E-state index contributed by atoms with van der Waals surface area (Å²) < 4.78 is 0. The first-order chi connectivity index (χ1) is 19.8. The van der Waals surface area contributed by atoms with E-state index < -0.39 is 0 Å². The van der Waals surface area contributed by atoms with Crippen molar-refractivity contribution in [2.24, 2.45) is 5.92 Å². The van der Waals surface area contributed by atoms with E-state index in [1.165, 1.54) is 6.42 Å². The van der Waals surface area contributed by atoms with Gasteiger partial charge < -0.3 is 20.4 Å². The van der Waals surface area contributed by atoms with Crippen molar-refractivity contribution in [2.45, 2.75) is 50.6 Å². The van der Waals surface area contributed by atoms with Crippen LogP contribution in [0.25, 0.3) is 6.08 Å². The molecule has 0 saturated carbocycles. The van der Waals surface area contributed by atoms with Crippen LogP contribution in [0.3, 0.4) is 0 Å². The lowest BCUT2D eigenvalue weighted by molar-refractivity contribution is 0.0540. The van der Waals surface area contributed by atoms with Gasteiger partial charge in [0.25, 0.3) is 11.8 Å². The fourth-order valence-corrected chi connectivity index (χ4v) is 5.25. The van der Waals surface area contributed by atoms with E-state index in [0.717, 1.165) is 54.2 Å². The quantitative estimate of drug-likeness (QED) is 0.230. The first-order valence-corrected chi connectivity index (χ1v) is 14.7. The normalized spacial score (nSPS) is 14.1. The van der Waals surface area contributed by atoms with Crippen LogP contribution in [0.15, 0.2) is 72.3 Å². The molecule has 0 bridgehead atoms. The van der Waals surface area contributed by atoms with Gasteiger partial charge in [-0.3, -0.25) is 9.59 Å². The van der Waals surface area contributed by atoms with E-state index in [1.807, 2.05) is 54.4 Å². The number of thiol groups is 1. The van der Waals surface area contributed by atoms with Crippen molar-refractivity contribution in [3.8, 4) is 0 Å². The largest absolute Gasteiger partial charge is 0.388 e. The lowest BCUT2D eigenvalue weighted by Crippen LogP contribution is -2.47. The molecule has 1 saturated heterocycles. The molecule has 1 aliphatic heterocycles. The van der Waals surface area contributed by atoms with Crippen molar-refractivity contribution >= 4 is 41.9 Å². The zero-order valence-corrected chi connectivity index (χ0v) is 25.2. The van der Waals surface area contributed by atoms with E-state index in [4.69, 9.17) is 0 Å². The molecule has 3 aromatic rings. The highest BCUT2D eigenvalue weighted by Gasteiger charge is 2.29. The topological polar surface area (TPSA) is 77.6 Å². The number of rotatable bonds is 11. The van der Waals surface area contributed by atoms with Gasteiger partial charge in [0, 0.05) is 60.8 Å². The van der Waals surface area contributed by atoms with E-state index in [-0.39, 0.29) is 17.9 Å². The van der Waals surface area contributed by atoms with Gasteiger partial charge in [0.2, 0.25) is 0 Å². The van der Waals surface area contributed by atoms with Gasteiger partial charge in [-0.25, -0.2) is 4.98 Å². The first-order valence-electron chi connectivity index (χ1n) is 14.3. The van der Waals surface area contributed by atoms with Crippen LogP contribution in [0.1, 0.15) is 65.1 Å². The Morgan fingerprint density at radius 3 is 2.46 bits per heavy atom. The third-order valence-electron chi connectivity index (χ3n) is 7.62. The van der Waals surface area contributed by atoms with Gasteiger partial charge >= 0.3 is 0 Å². The summed E-state index contributed by atoms with van der Waals surface area (Å²) in [5.74, 6) is 0.408. The molecule has 1 fully saturated rings. The summed E-state index contributed by atoms with van der Waals surface area (Å²) in [4.78, 5) is 36.2. The second kappa shape index (κ2) is 14.3. The number of pyridine rings is 1. The second-order valence-electron chi connectivity index (χ2n) is 11.0. The fourth-order valence-electron chi connectivity index (χ4n) is 5.12. The van der Waals surface area contributed by atoms with Crippen molar-refractivity contribution in [1.82, 2.24) is 14.8 Å². The molecular weight excluding hydrogens is 530 g/mol. The van der Waals surface area contributed by atoms with E-state index in [0.29, 0.717) is 29.4 Å². The van der Waals surface area contributed by atoms with Crippen LogP contribution in [0, 0.1) is 5.92 Å². The summed E-state index contributed by atoms with van der Waals surface area (Å²) in [6, 6.07) is 16.8. The summed E-state index contributed by atoms with van der Waals surface area (Å²) >= 11 is 4.32. The Balaban J connectivity index is 1.46. The summed E-state index contributed by atoms with van der Waals surface area (Å²) in [5, 5.41) is 6.08. The number of amides is 2. The maximum Gasteiger partial charge on any atom is 0.272 e. The minimum absolute atomic E-state index is 0.0798. The Morgan fingerprint density at radius 2 is 1.85 bits per heavy atom. The molecule has 2 aromatic carbocycles. The summed E-state index contributed by atoms with van der Waals surface area (Å²) in [6.45, 7) is 11.9. The zero-order valence-electron chi connectivity index (χ0n) is 24.3. The van der Waals surface area contributed by atoms with Crippen LogP contribution in [0.2, 0.25) is 0 Å². The molecule has 0 unspecified atom stereocenters. The summed E-state index contributed by atoms with van der Waals surface area (Å²) in [5.41, 5.74) is 4.49. The highest BCUT2D eigenvalue weighted by Crippen LogP contribution is 2.24. The number of carbonyl (C=O) groups is 2. The van der Waals surface area contributed by atoms with E-state index >= 15 is 0 Å². The first kappa shape index (κ1) is 30.3. The maximum absolute atomic E-state index is 13.7. The van der Waals surface area contributed by atoms with Crippen LogP contribution in [0.4, 0.5) is 11.4 Å². The molecular formula is C33H41N5O2S. The predicted octanol–water partition coefficient (Wildman–Crippen LogP) is 6.46. The fraction of sp³-hybridized carbons (Fsp3) is 0.364. The molecule has 7 nitrogen and oxygen atoms in total. The van der Waals surface area contributed by atoms with E-state index in [2.05, 4.69) is 53.6 Å². The van der Waals surface area contributed by atoms with Crippen LogP contribution < -0.4 is 10.6 Å². The van der Waals surface area contributed by atoms with Gasteiger partial charge in [-0.2, -0.15) is 0 Å². The molecule has 2 heterocycles. The highest BCUT2D eigenvalue weighted by molar-refractivity contribution is 7.80. The third kappa shape index (κ3) is 8.21. The summed E-state index contributed by atoms with van der Waals surface area (Å²) in [6.07, 6.45) is 6.40. The Hall–Kier alpha value is -3.62. The van der Waals surface area contributed by atoms with Crippen molar-refractivity contribution in [3.63, 3.8) is 0 Å². The van der Waals surface area contributed by atoms with E-state index in [1.54, 1.807) is 24.4 Å². The number of benzene rings is 2. The average Bonchev–Trinajstić information content (AvgIpc) is 2.99. The van der Waals surface area contributed by atoms with Gasteiger partial charge in [-0.1, -0.05) is 38.6 Å². The van der Waals surface area contributed by atoms with Crippen molar-refractivity contribution in [1.29, 1.82) is 0 Å². The Morgan fingerprint density at radius 1 is 1.12 bits per heavy atom. The van der Waals surface area contributed by atoms with Crippen molar-refractivity contribution in [2.75, 3.05) is 37.3 Å². The van der Waals surface area contributed by atoms with Crippen LogP contribution in [-0.4, -0.2) is 59.3 Å². The Bertz CT molecular complexity index is 1330. The summed E-state index contributed by atoms with van der Waals surface area (Å²) in [7, 11) is 1.85. The Kier molecular flexibility index (Phi) is 10.6. The SMILES string of the molecule is C=Cc1cc(NC(=O)c2ccc(CN(C(=O)c3ccc(S)cn3)C3CCN(CCC(C)C)CC3)cc2)ccc1NC. The highest BCUT2D eigenvalue weighted by atomic mass is 32.1. The molecule has 2 amide bonds. The molecule has 0 spiro atoms. The van der Waals surface area contributed by atoms with Gasteiger partial charge in [-0.05, 0) is 85.3 Å². The number of nitrogens with zero attached hydrogens (tertiary/aromatic N) is 3. The van der Waals surface area contributed by atoms with Gasteiger partial charge in [0.1, 0.15) is 5.69 Å². The second-order valence-corrected chi connectivity index (χ2v) is 11.5. The number of hydrogen-bond donors (Lipinski definition) is 3. The minimum atomic E-state index is -0.193. The van der Waals surface area contributed by atoms with Crippen molar-refractivity contribution in [3.05, 3.63) is 89.8 Å². The van der Waals surface area contributed by atoms with Crippen LogP contribution in [0.5, 0.6) is 0 Å². The minimum Gasteiger partial charge on any atom is -0.388 e. The van der Waals surface area contributed by atoms with Gasteiger partial charge in [0.15, 0.2) is 0 Å². The van der Waals surface area contributed by atoms with Crippen LogP contribution in [-0.2, 0) is 6.54 Å². The standard InChI is InChI=1S/C33H41N5O2S/c1-5-25-20-27(10-12-30(25)34-4)36-32(39)26-8-6-24(7-9-26)22-38(33(40)31-13-11-29(41)21-35-31)28-15-18-37(19-16-28)17-14-23(2)3/h5-13,20-21,23,28,34,41H,1,14-19,22H2,2-4H3,(H,36,39). The number of anilines is 2. The number of aromatic nitrogens is 1. The monoisotopic (exact) mass is 571 g/mol. The molecule has 216 valence electrons. The molecule has 0 atom stereocenters. The van der Waals surface area contributed by atoms with Crippen LogP contribution >= 0.6 is 12.6 Å². The predicted molar refractivity (Wildman–Crippen MR) is 171 cm³/mol. The molecule has 1 aromatic heterocycles.